The number of ether oxygens (including phenoxy) is 1. The van der Waals surface area contributed by atoms with E-state index in [0.29, 0.717) is 0 Å². The second kappa shape index (κ2) is 8.21. The Morgan fingerprint density at radius 1 is 1.16 bits per heavy atom. The first-order valence-electron chi connectivity index (χ1n) is 11.2. The predicted molar refractivity (Wildman–Crippen MR) is 125 cm³/mol. The summed E-state index contributed by atoms with van der Waals surface area (Å²) >= 11 is 0. The van der Waals surface area contributed by atoms with E-state index in [1.54, 1.807) is 16.7 Å². The monoisotopic (exact) mass is 433 g/mol. The Morgan fingerprint density at radius 3 is 2.47 bits per heavy atom. The molecule has 2 aliphatic rings. The molecule has 1 heterocycles. The molecule has 4 atom stereocenters. The number of carbonyl (C=O) groups is 2. The van der Waals surface area contributed by atoms with E-state index in [9.17, 15) is 14.7 Å². The number of hydrogen-bond donors (Lipinski definition) is 1. The lowest BCUT2D eigenvalue weighted by atomic mass is 10.1. The molecule has 2 aliphatic carbocycles. The minimum Gasteiger partial charge on any atom is -0.462 e. The first kappa shape index (κ1) is 22.3. The first-order valence-corrected chi connectivity index (χ1v) is 11.2. The van der Waals surface area contributed by atoms with Gasteiger partial charge in [0.1, 0.15) is 6.10 Å². The zero-order valence-electron chi connectivity index (χ0n) is 19.3. The molecular formula is C27H31NO4. The number of carbonyl (C=O) groups excluding carboxylic acids is 2. The van der Waals surface area contributed by atoms with Crippen LogP contribution in [0.1, 0.15) is 49.3 Å². The van der Waals surface area contributed by atoms with E-state index in [0.717, 1.165) is 27.4 Å². The number of fused-ring (bicyclic) bond motifs is 2. The number of aliphatic hydroxyl groups is 1. The SMILES string of the molecule is Cc1c(CC(=O)OC(C)C(C)C)c2c(n1C(=O)/C=C/c1ccccc1)=CC1C(C=2)C1(C)O. The summed E-state index contributed by atoms with van der Waals surface area (Å²) in [7, 11) is 0. The van der Waals surface area contributed by atoms with E-state index in [4.69, 9.17) is 4.74 Å². The summed E-state index contributed by atoms with van der Waals surface area (Å²) in [5.41, 5.74) is 1.65. The zero-order valence-corrected chi connectivity index (χ0v) is 19.3. The molecule has 1 aromatic heterocycles. The fourth-order valence-electron chi connectivity index (χ4n) is 4.44. The van der Waals surface area contributed by atoms with E-state index >= 15 is 0 Å². The van der Waals surface area contributed by atoms with Gasteiger partial charge in [0.05, 0.1) is 17.4 Å². The second-order valence-corrected chi connectivity index (χ2v) is 9.51. The van der Waals surface area contributed by atoms with Crippen LogP contribution in [0.25, 0.3) is 18.2 Å². The Kier molecular flexibility index (Phi) is 5.72. The van der Waals surface area contributed by atoms with Crippen molar-refractivity contribution in [2.24, 2.45) is 17.8 Å². The fourth-order valence-corrected chi connectivity index (χ4v) is 4.44. The first-order chi connectivity index (χ1) is 15.1. The van der Waals surface area contributed by atoms with Gasteiger partial charge in [-0.05, 0) is 43.9 Å². The van der Waals surface area contributed by atoms with E-state index in [2.05, 4.69) is 0 Å². The standard InChI is InChI=1S/C27H31NO4/c1-16(2)18(4)32-26(30)14-20-17(3)28(25(29)12-11-19-9-7-6-8-10-19)24-15-23-22(13-21(20)24)27(23,5)31/h6-13,15-16,18,22-23,31H,14H2,1-5H3/b12-11+. The smallest absolute Gasteiger partial charge is 0.310 e. The Labute approximate surface area is 188 Å². The quantitative estimate of drug-likeness (QED) is 0.562. The molecule has 5 heteroatoms. The third-order valence-corrected chi connectivity index (χ3v) is 6.94. The number of benzene rings is 1. The molecule has 5 nitrogen and oxygen atoms in total. The molecule has 1 N–H and O–H groups in total. The normalized spacial score (nSPS) is 24.3. The highest BCUT2D eigenvalue weighted by molar-refractivity contribution is 5.95. The Bertz CT molecular complexity index is 1200. The van der Waals surface area contributed by atoms with Crippen molar-refractivity contribution in [2.45, 2.75) is 52.7 Å². The Balaban J connectivity index is 1.72. The summed E-state index contributed by atoms with van der Waals surface area (Å²) in [6.07, 6.45) is 7.25. The van der Waals surface area contributed by atoms with Gasteiger partial charge < -0.3 is 9.84 Å². The number of esters is 1. The van der Waals surface area contributed by atoms with Gasteiger partial charge in [-0.25, -0.2) is 0 Å². The van der Waals surface area contributed by atoms with Crippen molar-refractivity contribution in [1.82, 2.24) is 4.57 Å². The molecule has 0 bridgehead atoms. The molecule has 4 unspecified atom stereocenters. The van der Waals surface area contributed by atoms with Crippen molar-refractivity contribution >= 4 is 30.1 Å². The van der Waals surface area contributed by atoms with Gasteiger partial charge in [-0.15, -0.1) is 0 Å². The number of aromatic nitrogens is 1. The van der Waals surface area contributed by atoms with Crippen LogP contribution in [0, 0.1) is 24.7 Å². The molecular weight excluding hydrogens is 402 g/mol. The van der Waals surface area contributed by atoms with Gasteiger partial charge in [0.25, 0.3) is 5.91 Å². The fraction of sp³-hybridized carbons (Fsp3) is 0.407. The lowest BCUT2D eigenvalue weighted by molar-refractivity contribution is -0.149. The number of rotatable bonds is 6. The Morgan fingerprint density at radius 2 is 1.81 bits per heavy atom. The van der Waals surface area contributed by atoms with Crippen LogP contribution in [0.3, 0.4) is 0 Å². The van der Waals surface area contributed by atoms with Crippen molar-refractivity contribution < 1.29 is 19.4 Å². The summed E-state index contributed by atoms with van der Waals surface area (Å²) in [5.74, 6) is -0.273. The Hall–Kier alpha value is -2.92. The molecule has 1 saturated carbocycles. The molecule has 1 fully saturated rings. The van der Waals surface area contributed by atoms with E-state index in [1.807, 2.05) is 77.1 Å². The maximum absolute atomic E-state index is 13.2. The lowest BCUT2D eigenvalue weighted by Crippen LogP contribution is -2.35. The molecule has 32 heavy (non-hydrogen) atoms. The molecule has 0 saturated heterocycles. The van der Waals surface area contributed by atoms with Crippen LogP contribution in [-0.2, 0) is 16.0 Å². The van der Waals surface area contributed by atoms with Gasteiger partial charge in [0.15, 0.2) is 0 Å². The average Bonchev–Trinajstić information content (AvgIpc) is 3.17. The minimum atomic E-state index is -0.815. The van der Waals surface area contributed by atoms with Crippen molar-refractivity contribution in [1.29, 1.82) is 0 Å². The van der Waals surface area contributed by atoms with Gasteiger partial charge in [-0.1, -0.05) is 56.3 Å². The van der Waals surface area contributed by atoms with Gasteiger partial charge in [0.2, 0.25) is 0 Å². The van der Waals surface area contributed by atoms with Crippen molar-refractivity contribution in [2.75, 3.05) is 0 Å². The molecule has 2 aromatic rings. The summed E-state index contributed by atoms with van der Waals surface area (Å²) in [5, 5.41) is 12.2. The van der Waals surface area contributed by atoms with Crippen LogP contribution in [0.2, 0.25) is 0 Å². The highest BCUT2D eigenvalue weighted by Crippen LogP contribution is 2.53. The van der Waals surface area contributed by atoms with Gasteiger partial charge >= 0.3 is 5.97 Å². The highest BCUT2D eigenvalue weighted by Gasteiger charge is 2.59. The van der Waals surface area contributed by atoms with Crippen LogP contribution in [0.4, 0.5) is 0 Å². The summed E-state index contributed by atoms with van der Waals surface area (Å²) in [6.45, 7) is 9.59. The van der Waals surface area contributed by atoms with E-state index in [1.165, 1.54) is 0 Å². The molecule has 0 aliphatic heterocycles. The molecule has 0 radical (unpaired) electrons. The van der Waals surface area contributed by atoms with Gasteiger partial charge in [0, 0.05) is 28.8 Å². The van der Waals surface area contributed by atoms with Crippen LogP contribution in [0.5, 0.6) is 0 Å². The summed E-state index contributed by atoms with van der Waals surface area (Å²) < 4.78 is 7.25. The van der Waals surface area contributed by atoms with Crippen LogP contribution in [0.15, 0.2) is 36.4 Å². The maximum Gasteiger partial charge on any atom is 0.310 e. The molecule has 0 spiro atoms. The largest absolute Gasteiger partial charge is 0.462 e. The van der Waals surface area contributed by atoms with Crippen LogP contribution >= 0.6 is 0 Å². The van der Waals surface area contributed by atoms with E-state index in [-0.39, 0.29) is 42.2 Å². The van der Waals surface area contributed by atoms with Crippen LogP contribution < -0.4 is 10.6 Å². The van der Waals surface area contributed by atoms with Gasteiger partial charge in [-0.2, -0.15) is 0 Å². The summed E-state index contributed by atoms with van der Waals surface area (Å²) in [6, 6.07) is 9.65. The number of hydrogen-bond acceptors (Lipinski definition) is 4. The van der Waals surface area contributed by atoms with Gasteiger partial charge in [-0.3, -0.25) is 14.2 Å². The van der Waals surface area contributed by atoms with Crippen molar-refractivity contribution in [3.63, 3.8) is 0 Å². The molecule has 4 rings (SSSR count). The average molecular weight is 434 g/mol. The lowest BCUT2D eigenvalue weighted by Gasteiger charge is -2.16. The molecule has 1 aromatic carbocycles. The van der Waals surface area contributed by atoms with Crippen LogP contribution in [-0.4, -0.2) is 33.3 Å². The summed E-state index contributed by atoms with van der Waals surface area (Å²) in [4.78, 5) is 25.9. The second-order valence-electron chi connectivity index (χ2n) is 9.51. The topological polar surface area (TPSA) is 68.5 Å². The highest BCUT2D eigenvalue weighted by atomic mass is 16.5. The van der Waals surface area contributed by atoms with E-state index < -0.39 is 5.60 Å². The zero-order chi connectivity index (χ0) is 23.2. The predicted octanol–water partition coefficient (Wildman–Crippen LogP) is 2.85. The molecule has 168 valence electrons. The van der Waals surface area contributed by atoms with Crippen molar-refractivity contribution in [3.8, 4) is 0 Å². The minimum absolute atomic E-state index is 0.00423. The number of allylic oxidation sites excluding steroid dienone is 1. The third kappa shape index (κ3) is 3.97. The van der Waals surface area contributed by atoms with Crippen molar-refractivity contribution in [3.05, 3.63) is 63.8 Å². The number of nitrogens with zero attached hydrogens (tertiary/aromatic N) is 1. The third-order valence-electron chi connectivity index (χ3n) is 6.94. The maximum atomic E-state index is 13.2. The molecule has 0 amide bonds.